The van der Waals surface area contributed by atoms with Crippen molar-refractivity contribution in [1.29, 1.82) is 0 Å². The number of rotatable bonds is 13. The molecular formula is C21H35NO4. The molecule has 0 radical (unpaired) electrons. The van der Waals surface area contributed by atoms with Gasteiger partial charge in [0.2, 0.25) is 0 Å². The van der Waals surface area contributed by atoms with Gasteiger partial charge in [-0.1, -0.05) is 51.7 Å². The lowest BCUT2D eigenvalue weighted by molar-refractivity contribution is 0.118. The SMILES string of the molecule is CCCCCCCOc1ccc(CCC(CC)(CO)NC(=O)OC)cc1. The lowest BCUT2D eigenvalue weighted by atomic mass is 9.89. The van der Waals surface area contributed by atoms with Gasteiger partial charge in [0, 0.05) is 0 Å². The summed E-state index contributed by atoms with van der Waals surface area (Å²) in [5, 5.41) is 12.5. The first-order valence-corrected chi connectivity index (χ1v) is 9.78. The number of methoxy groups -OCH3 is 1. The van der Waals surface area contributed by atoms with Gasteiger partial charge in [0.05, 0.1) is 25.9 Å². The topological polar surface area (TPSA) is 67.8 Å². The predicted molar refractivity (Wildman–Crippen MR) is 105 cm³/mol. The molecule has 1 aromatic carbocycles. The van der Waals surface area contributed by atoms with Gasteiger partial charge in [-0.3, -0.25) is 0 Å². The second kappa shape index (κ2) is 12.6. The normalized spacial score (nSPS) is 13.1. The fourth-order valence-corrected chi connectivity index (χ4v) is 2.86. The third-order valence-corrected chi connectivity index (χ3v) is 4.86. The second-order valence-electron chi connectivity index (χ2n) is 6.82. The standard InChI is InChI=1S/C21H35NO4/c1-4-6-7-8-9-16-26-19-12-10-18(11-13-19)14-15-21(5-2,17-23)22-20(24)25-3/h10-13,23H,4-9,14-17H2,1-3H3,(H,22,24). The first-order valence-electron chi connectivity index (χ1n) is 9.78. The van der Waals surface area contributed by atoms with Crippen LogP contribution in [0.15, 0.2) is 24.3 Å². The highest BCUT2D eigenvalue weighted by Crippen LogP contribution is 2.20. The Morgan fingerprint density at radius 3 is 2.38 bits per heavy atom. The minimum atomic E-state index is -0.652. The predicted octanol–water partition coefficient (Wildman–Crippen LogP) is 4.47. The number of aliphatic hydroxyl groups excluding tert-OH is 1. The number of aliphatic hydroxyl groups is 1. The highest BCUT2D eigenvalue weighted by Gasteiger charge is 2.29. The van der Waals surface area contributed by atoms with Gasteiger partial charge in [-0.25, -0.2) is 4.79 Å². The van der Waals surface area contributed by atoms with Crippen LogP contribution in [0.3, 0.4) is 0 Å². The molecule has 0 fully saturated rings. The van der Waals surface area contributed by atoms with Crippen molar-refractivity contribution in [2.45, 2.75) is 70.8 Å². The van der Waals surface area contributed by atoms with E-state index in [9.17, 15) is 9.90 Å². The number of unbranched alkanes of at least 4 members (excludes halogenated alkanes) is 4. The van der Waals surface area contributed by atoms with Crippen LogP contribution in [-0.2, 0) is 11.2 Å². The zero-order valence-corrected chi connectivity index (χ0v) is 16.6. The van der Waals surface area contributed by atoms with E-state index in [1.807, 2.05) is 31.2 Å². The summed E-state index contributed by atoms with van der Waals surface area (Å²) in [5.74, 6) is 0.890. The number of carbonyl (C=O) groups is 1. The minimum absolute atomic E-state index is 0.113. The van der Waals surface area contributed by atoms with Crippen LogP contribution in [-0.4, -0.2) is 37.1 Å². The molecule has 0 heterocycles. The van der Waals surface area contributed by atoms with Gasteiger partial charge in [-0.05, 0) is 43.4 Å². The maximum absolute atomic E-state index is 11.5. The molecule has 1 rings (SSSR count). The van der Waals surface area contributed by atoms with E-state index in [1.54, 1.807) is 0 Å². The number of carbonyl (C=O) groups excluding carboxylic acids is 1. The number of nitrogens with one attached hydrogen (secondary N) is 1. The van der Waals surface area contributed by atoms with E-state index >= 15 is 0 Å². The third kappa shape index (κ3) is 8.09. The zero-order valence-electron chi connectivity index (χ0n) is 16.6. The number of benzene rings is 1. The van der Waals surface area contributed by atoms with Crippen molar-refractivity contribution >= 4 is 6.09 Å². The molecule has 0 aromatic heterocycles. The summed E-state index contributed by atoms with van der Waals surface area (Å²) in [6, 6.07) is 8.06. The van der Waals surface area contributed by atoms with Crippen molar-refractivity contribution in [2.75, 3.05) is 20.3 Å². The van der Waals surface area contributed by atoms with Gasteiger partial charge in [0.1, 0.15) is 5.75 Å². The first-order chi connectivity index (χ1) is 12.6. The molecule has 5 nitrogen and oxygen atoms in total. The molecule has 0 aliphatic carbocycles. The Morgan fingerprint density at radius 2 is 1.81 bits per heavy atom. The smallest absolute Gasteiger partial charge is 0.407 e. The summed E-state index contributed by atoms with van der Waals surface area (Å²) in [6.45, 7) is 4.81. The van der Waals surface area contributed by atoms with Gasteiger partial charge in [-0.15, -0.1) is 0 Å². The Kier molecular flexibility index (Phi) is 10.8. The van der Waals surface area contributed by atoms with E-state index in [4.69, 9.17) is 4.74 Å². The van der Waals surface area contributed by atoms with Crippen LogP contribution in [0.25, 0.3) is 0 Å². The summed E-state index contributed by atoms with van der Waals surface area (Å²) in [5.41, 5.74) is 0.499. The molecule has 1 unspecified atom stereocenters. The van der Waals surface area contributed by atoms with Crippen molar-refractivity contribution in [3.05, 3.63) is 29.8 Å². The number of amides is 1. The maximum atomic E-state index is 11.5. The Bertz CT molecular complexity index is 497. The van der Waals surface area contributed by atoms with E-state index in [0.717, 1.165) is 30.8 Å². The number of hydrogen-bond acceptors (Lipinski definition) is 4. The molecule has 5 heteroatoms. The van der Waals surface area contributed by atoms with Crippen LogP contribution in [0, 0.1) is 0 Å². The number of aryl methyl sites for hydroxylation is 1. The van der Waals surface area contributed by atoms with E-state index in [2.05, 4.69) is 17.0 Å². The van der Waals surface area contributed by atoms with Gasteiger partial charge in [-0.2, -0.15) is 0 Å². The molecule has 0 saturated heterocycles. The molecule has 0 aliphatic rings. The quantitative estimate of drug-likeness (QED) is 0.506. The number of alkyl carbamates (subject to hydrolysis) is 1. The van der Waals surface area contributed by atoms with Gasteiger partial charge < -0.3 is 19.9 Å². The Hall–Kier alpha value is -1.75. The number of hydrogen-bond donors (Lipinski definition) is 2. The minimum Gasteiger partial charge on any atom is -0.494 e. The Labute approximate surface area is 158 Å². The molecule has 0 bridgehead atoms. The van der Waals surface area contributed by atoms with Gasteiger partial charge in [0.25, 0.3) is 0 Å². The van der Waals surface area contributed by atoms with Gasteiger partial charge in [0.15, 0.2) is 0 Å². The average Bonchev–Trinajstić information content (AvgIpc) is 2.68. The van der Waals surface area contributed by atoms with Crippen LogP contribution >= 0.6 is 0 Å². The van der Waals surface area contributed by atoms with Gasteiger partial charge >= 0.3 is 6.09 Å². The van der Waals surface area contributed by atoms with Crippen molar-refractivity contribution in [3.63, 3.8) is 0 Å². The Morgan fingerprint density at radius 1 is 1.12 bits per heavy atom. The molecule has 26 heavy (non-hydrogen) atoms. The molecule has 0 aliphatic heterocycles. The molecule has 0 spiro atoms. The highest BCUT2D eigenvalue weighted by molar-refractivity contribution is 5.68. The molecule has 2 N–H and O–H groups in total. The first kappa shape index (κ1) is 22.3. The van der Waals surface area contributed by atoms with Crippen molar-refractivity contribution in [1.82, 2.24) is 5.32 Å². The summed E-state index contributed by atoms with van der Waals surface area (Å²) in [4.78, 5) is 11.5. The largest absolute Gasteiger partial charge is 0.494 e. The summed E-state index contributed by atoms with van der Waals surface area (Å²) in [6.07, 6.45) is 7.68. The lowest BCUT2D eigenvalue weighted by Gasteiger charge is -2.31. The summed E-state index contributed by atoms with van der Waals surface area (Å²) in [7, 11) is 1.33. The van der Waals surface area contributed by atoms with Crippen molar-refractivity contribution in [2.24, 2.45) is 0 Å². The maximum Gasteiger partial charge on any atom is 0.407 e. The van der Waals surface area contributed by atoms with E-state index in [1.165, 1.54) is 32.8 Å². The monoisotopic (exact) mass is 365 g/mol. The third-order valence-electron chi connectivity index (χ3n) is 4.86. The van der Waals surface area contributed by atoms with E-state index in [-0.39, 0.29) is 6.61 Å². The molecule has 1 atom stereocenters. The lowest BCUT2D eigenvalue weighted by Crippen LogP contribution is -2.51. The van der Waals surface area contributed by atoms with Crippen LogP contribution in [0.4, 0.5) is 4.79 Å². The second-order valence-corrected chi connectivity index (χ2v) is 6.82. The molecule has 1 amide bonds. The van der Waals surface area contributed by atoms with Crippen LogP contribution in [0.5, 0.6) is 5.75 Å². The van der Waals surface area contributed by atoms with E-state index in [0.29, 0.717) is 12.8 Å². The average molecular weight is 366 g/mol. The Balaban J connectivity index is 2.44. The molecule has 1 aromatic rings. The fourth-order valence-electron chi connectivity index (χ4n) is 2.86. The van der Waals surface area contributed by atoms with Crippen LogP contribution < -0.4 is 10.1 Å². The molecule has 148 valence electrons. The number of ether oxygens (including phenoxy) is 2. The molecule has 0 saturated carbocycles. The van der Waals surface area contributed by atoms with Crippen LogP contribution in [0.1, 0.15) is 64.4 Å². The fraction of sp³-hybridized carbons (Fsp3) is 0.667. The van der Waals surface area contributed by atoms with Crippen LogP contribution in [0.2, 0.25) is 0 Å². The van der Waals surface area contributed by atoms with Crippen molar-refractivity contribution in [3.8, 4) is 5.75 Å². The molecular weight excluding hydrogens is 330 g/mol. The van der Waals surface area contributed by atoms with Crippen molar-refractivity contribution < 1.29 is 19.4 Å². The summed E-state index contributed by atoms with van der Waals surface area (Å²) >= 11 is 0. The summed E-state index contributed by atoms with van der Waals surface area (Å²) < 4.78 is 10.5. The zero-order chi connectivity index (χ0) is 19.3. The van der Waals surface area contributed by atoms with E-state index < -0.39 is 11.6 Å². The highest BCUT2D eigenvalue weighted by atomic mass is 16.5.